The van der Waals surface area contributed by atoms with Crippen molar-refractivity contribution in [1.82, 2.24) is 10.3 Å². The SMILES string of the molecule is O=C(CCc1cncc(F)c1)NC(CO)c1ccc(Cl)cc1. The fourth-order valence-corrected chi connectivity index (χ4v) is 2.17. The van der Waals surface area contributed by atoms with Crippen molar-refractivity contribution in [2.45, 2.75) is 18.9 Å². The van der Waals surface area contributed by atoms with Crippen LogP contribution in [-0.2, 0) is 11.2 Å². The number of aliphatic hydroxyl groups excluding tert-OH is 1. The number of aliphatic hydroxyl groups is 1. The van der Waals surface area contributed by atoms with E-state index in [0.29, 0.717) is 17.0 Å². The van der Waals surface area contributed by atoms with Crippen molar-refractivity contribution in [3.8, 4) is 0 Å². The van der Waals surface area contributed by atoms with E-state index in [1.54, 1.807) is 24.3 Å². The molecule has 2 N–H and O–H groups in total. The summed E-state index contributed by atoms with van der Waals surface area (Å²) in [5.41, 5.74) is 1.43. The summed E-state index contributed by atoms with van der Waals surface area (Å²) in [4.78, 5) is 15.7. The molecule has 1 aromatic heterocycles. The minimum atomic E-state index is -0.490. The van der Waals surface area contributed by atoms with E-state index in [1.165, 1.54) is 12.3 Å². The Balaban J connectivity index is 1.90. The van der Waals surface area contributed by atoms with Gasteiger partial charge in [-0.05, 0) is 35.7 Å². The molecule has 0 saturated heterocycles. The maximum Gasteiger partial charge on any atom is 0.220 e. The summed E-state index contributed by atoms with van der Waals surface area (Å²) in [6.07, 6.45) is 3.22. The van der Waals surface area contributed by atoms with Crippen LogP contribution in [0.4, 0.5) is 4.39 Å². The summed E-state index contributed by atoms with van der Waals surface area (Å²) in [6.45, 7) is -0.213. The highest BCUT2D eigenvalue weighted by Crippen LogP contribution is 2.16. The van der Waals surface area contributed by atoms with Crippen LogP contribution in [0.2, 0.25) is 5.02 Å². The van der Waals surface area contributed by atoms with E-state index in [0.717, 1.165) is 11.8 Å². The number of benzene rings is 1. The van der Waals surface area contributed by atoms with Crippen LogP contribution in [0.15, 0.2) is 42.7 Å². The highest BCUT2D eigenvalue weighted by molar-refractivity contribution is 6.30. The lowest BCUT2D eigenvalue weighted by molar-refractivity contribution is -0.122. The number of halogens is 2. The zero-order valence-electron chi connectivity index (χ0n) is 11.8. The molecule has 22 heavy (non-hydrogen) atoms. The Morgan fingerprint density at radius 3 is 2.68 bits per heavy atom. The molecule has 1 heterocycles. The lowest BCUT2D eigenvalue weighted by Crippen LogP contribution is -2.30. The van der Waals surface area contributed by atoms with E-state index in [4.69, 9.17) is 11.6 Å². The Morgan fingerprint density at radius 2 is 2.05 bits per heavy atom. The maximum absolute atomic E-state index is 13.0. The molecular formula is C16H16ClFN2O2. The maximum atomic E-state index is 13.0. The van der Waals surface area contributed by atoms with Crippen LogP contribution >= 0.6 is 11.6 Å². The van der Waals surface area contributed by atoms with E-state index >= 15 is 0 Å². The topological polar surface area (TPSA) is 62.2 Å². The van der Waals surface area contributed by atoms with Crippen molar-refractivity contribution in [3.63, 3.8) is 0 Å². The van der Waals surface area contributed by atoms with Gasteiger partial charge in [-0.1, -0.05) is 23.7 Å². The van der Waals surface area contributed by atoms with E-state index in [2.05, 4.69) is 10.3 Å². The highest BCUT2D eigenvalue weighted by Gasteiger charge is 2.13. The molecule has 0 saturated carbocycles. The Bertz CT molecular complexity index is 634. The number of aromatic nitrogens is 1. The highest BCUT2D eigenvalue weighted by atomic mass is 35.5. The van der Waals surface area contributed by atoms with Gasteiger partial charge in [0.05, 0.1) is 18.8 Å². The average Bonchev–Trinajstić information content (AvgIpc) is 2.52. The minimum Gasteiger partial charge on any atom is -0.394 e. The quantitative estimate of drug-likeness (QED) is 0.859. The van der Waals surface area contributed by atoms with Crippen LogP contribution in [0.5, 0.6) is 0 Å². The number of carbonyl (C=O) groups excluding carboxylic acids is 1. The summed E-state index contributed by atoms with van der Waals surface area (Å²) in [5.74, 6) is -0.648. The molecule has 0 bridgehead atoms. The van der Waals surface area contributed by atoms with Gasteiger partial charge < -0.3 is 10.4 Å². The van der Waals surface area contributed by atoms with Crippen LogP contribution in [-0.4, -0.2) is 22.6 Å². The summed E-state index contributed by atoms with van der Waals surface area (Å²) in [6, 6.07) is 7.76. The van der Waals surface area contributed by atoms with Gasteiger partial charge in [0.2, 0.25) is 5.91 Å². The molecule has 0 aliphatic carbocycles. The van der Waals surface area contributed by atoms with Crippen LogP contribution in [0.25, 0.3) is 0 Å². The second-order valence-corrected chi connectivity index (χ2v) is 5.30. The number of pyridine rings is 1. The first-order chi connectivity index (χ1) is 10.6. The molecule has 116 valence electrons. The summed E-state index contributed by atoms with van der Waals surface area (Å²) < 4.78 is 13.0. The molecule has 1 atom stereocenters. The van der Waals surface area contributed by atoms with Crippen molar-refractivity contribution in [1.29, 1.82) is 0 Å². The fraction of sp³-hybridized carbons (Fsp3) is 0.250. The lowest BCUT2D eigenvalue weighted by Gasteiger charge is -2.17. The predicted octanol–water partition coefficient (Wildman–Crippen LogP) is 2.66. The third-order valence-electron chi connectivity index (χ3n) is 3.19. The second kappa shape index (κ2) is 7.87. The zero-order valence-corrected chi connectivity index (χ0v) is 12.6. The van der Waals surface area contributed by atoms with Gasteiger partial charge in [0.1, 0.15) is 5.82 Å². The van der Waals surface area contributed by atoms with Gasteiger partial charge in [0.25, 0.3) is 0 Å². The number of amides is 1. The van der Waals surface area contributed by atoms with Crippen LogP contribution in [0.1, 0.15) is 23.6 Å². The lowest BCUT2D eigenvalue weighted by atomic mass is 10.1. The van der Waals surface area contributed by atoms with Crippen LogP contribution in [0, 0.1) is 5.82 Å². The molecule has 2 aromatic rings. The number of nitrogens with one attached hydrogen (secondary N) is 1. The summed E-state index contributed by atoms with van der Waals surface area (Å²) in [5, 5.41) is 12.7. The van der Waals surface area contributed by atoms with Crippen LogP contribution < -0.4 is 5.32 Å². The van der Waals surface area contributed by atoms with E-state index in [1.807, 2.05) is 0 Å². The minimum absolute atomic E-state index is 0.190. The molecule has 6 heteroatoms. The Kier molecular flexibility index (Phi) is 5.86. The third kappa shape index (κ3) is 4.79. The number of hydrogen-bond acceptors (Lipinski definition) is 3. The predicted molar refractivity (Wildman–Crippen MR) is 81.9 cm³/mol. The molecule has 0 spiro atoms. The molecule has 0 aliphatic heterocycles. The molecule has 0 radical (unpaired) electrons. The molecule has 4 nitrogen and oxygen atoms in total. The first-order valence-electron chi connectivity index (χ1n) is 6.83. The normalized spacial score (nSPS) is 12.0. The van der Waals surface area contributed by atoms with Gasteiger partial charge in [-0.2, -0.15) is 0 Å². The van der Waals surface area contributed by atoms with E-state index in [-0.39, 0.29) is 18.9 Å². The van der Waals surface area contributed by atoms with Crippen molar-refractivity contribution in [2.75, 3.05) is 6.61 Å². The molecule has 0 aliphatic rings. The van der Waals surface area contributed by atoms with Gasteiger partial charge in [-0.25, -0.2) is 4.39 Å². The molecular weight excluding hydrogens is 307 g/mol. The molecule has 2 rings (SSSR count). The van der Waals surface area contributed by atoms with Gasteiger partial charge in [0.15, 0.2) is 0 Å². The number of nitrogens with zero attached hydrogens (tertiary/aromatic N) is 1. The number of hydrogen-bond donors (Lipinski definition) is 2. The van der Waals surface area contributed by atoms with Crippen LogP contribution in [0.3, 0.4) is 0 Å². The third-order valence-corrected chi connectivity index (χ3v) is 3.44. The largest absolute Gasteiger partial charge is 0.394 e. The van der Waals surface area contributed by atoms with Gasteiger partial charge in [-0.15, -0.1) is 0 Å². The van der Waals surface area contributed by atoms with Gasteiger partial charge >= 0.3 is 0 Å². The van der Waals surface area contributed by atoms with E-state index < -0.39 is 11.9 Å². The molecule has 1 amide bonds. The fourth-order valence-electron chi connectivity index (χ4n) is 2.05. The number of aryl methyl sites for hydroxylation is 1. The van der Waals surface area contributed by atoms with E-state index in [9.17, 15) is 14.3 Å². The average molecular weight is 323 g/mol. The Morgan fingerprint density at radius 1 is 1.32 bits per heavy atom. The van der Waals surface area contributed by atoms with Crippen molar-refractivity contribution in [3.05, 3.63) is 64.7 Å². The molecule has 0 fully saturated rings. The first-order valence-corrected chi connectivity index (χ1v) is 7.21. The Labute approximate surface area is 133 Å². The monoisotopic (exact) mass is 322 g/mol. The number of rotatable bonds is 6. The molecule has 1 unspecified atom stereocenters. The van der Waals surface area contributed by atoms with Crippen molar-refractivity contribution in [2.24, 2.45) is 0 Å². The molecule has 1 aromatic carbocycles. The smallest absolute Gasteiger partial charge is 0.220 e. The van der Waals surface area contributed by atoms with Crippen molar-refractivity contribution >= 4 is 17.5 Å². The van der Waals surface area contributed by atoms with Crippen molar-refractivity contribution < 1.29 is 14.3 Å². The first kappa shape index (κ1) is 16.4. The number of carbonyl (C=O) groups is 1. The standard InChI is InChI=1S/C16H16ClFN2O2/c17-13-4-2-12(3-5-13)15(10-21)20-16(22)6-1-11-7-14(18)9-19-8-11/h2-5,7-9,15,21H,1,6,10H2,(H,20,22). The van der Waals surface area contributed by atoms with Gasteiger partial charge in [-0.3, -0.25) is 9.78 Å². The second-order valence-electron chi connectivity index (χ2n) is 4.87. The van der Waals surface area contributed by atoms with Gasteiger partial charge in [0, 0.05) is 17.6 Å². The summed E-state index contributed by atoms with van der Waals surface area (Å²) in [7, 11) is 0. The Hall–Kier alpha value is -1.98. The zero-order chi connectivity index (χ0) is 15.9. The summed E-state index contributed by atoms with van der Waals surface area (Å²) >= 11 is 5.81.